The predicted octanol–water partition coefficient (Wildman–Crippen LogP) is 4.57. The Bertz CT molecular complexity index is 425. The first kappa shape index (κ1) is 14.6. The number of hydrogen-bond donors (Lipinski definition) is 1. The Labute approximate surface area is 116 Å². The Morgan fingerprint density at radius 1 is 1.16 bits per heavy atom. The summed E-state index contributed by atoms with van der Waals surface area (Å²) in [4.78, 5) is 0. The molecule has 0 aromatic heterocycles. The molecule has 1 aliphatic rings. The molecule has 0 radical (unpaired) electrons. The normalized spacial score (nSPS) is 18.5. The van der Waals surface area contributed by atoms with E-state index in [1.165, 1.54) is 12.1 Å². The van der Waals surface area contributed by atoms with Crippen LogP contribution < -0.4 is 4.74 Å². The zero-order valence-corrected chi connectivity index (χ0v) is 11.4. The third-order valence-electron chi connectivity index (χ3n) is 3.73. The van der Waals surface area contributed by atoms with Crippen LogP contribution in [0.15, 0.2) is 24.3 Å². The summed E-state index contributed by atoms with van der Waals surface area (Å²) in [6, 6.07) is 5.37. The van der Waals surface area contributed by atoms with Gasteiger partial charge >= 0.3 is 6.18 Å². The van der Waals surface area contributed by atoms with Gasteiger partial charge in [-0.15, -0.1) is 0 Å². The molecule has 1 aliphatic carbocycles. The third kappa shape index (κ3) is 3.38. The first-order chi connectivity index (χ1) is 8.97. The second-order valence-electron chi connectivity index (χ2n) is 5.15. The molecule has 1 nitrogen and oxygen atoms in total. The van der Waals surface area contributed by atoms with Gasteiger partial charge in [0.05, 0.1) is 12.2 Å². The highest BCUT2D eigenvalue weighted by molar-refractivity contribution is 7.80. The first-order valence-corrected chi connectivity index (χ1v) is 7.00. The molecule has 0 heterocycles. The van der Waals surface area contributed by atoms with Crippen LogP contribution in [-0.2, 0) is 6.18 Å². The van der Waals surface area contributed by atoms with Crippen molar-refractivity contribution in [1.82, 2.24) is 0 Å². The van der Waals surface area contributed by atoms with E-state index in [1.54, 1.807) is 6.07 Å². The molecule has 0 saturated heterocycles. The lowest BCUT2D eigenvalue weighted by Gasteiger charge is -2.27. The minimum atomic E-state index is -4.37. The molecule has 0 N–H and O–H groups in total. The average molecular weight is 290 g/mol. The molecular formula is C14H17F3OS. The van der Waals surface area contributed by atoms with E-state index < -0.39 is 11.7 Å². The van der Waals surface area contributed by atoms with Crippen LogP contribution in [-0.4, -0.2) is 12.4 Å². The molecule has 0 bridgehead atoms. The molecule has 1 aromatic carbocycles. The fraction of sp³-hybridized carbons (Fsp3) is 0.571. The molecule has 0 amide bonds. The van der Waals surface area contributed by atoms with Gasteiger partial charge in [-0.25, -0.2) is 0 Å². The van der Waals surface area contributed by atoms with Crippen molar-refractivity contribution in [3.63, 3.8) is 0 Å². The number of halogens is 3. The number of alkyl halides is 3. The topological polar surface area (TPSA) is 9.23 Å². The highest BCUT2D eigenvalue weighted by Crippen LogP contribution is 2.41. The van der Waals surface area contributed by atoms with Gasteiger partial charge < -0.3 is 4.74 Å². The molecule has 0 atom stereocenters. The SMILES string of the molecule is FC(F)(F)c1ccccc1OCC1(CS)CCCC1. The van der Waals surface area contributed by atoms with Crippen molar-refractivity contribution in [2.45, 2.75) is 31.9 Å². The van der Waals surface area contributed by atoms with Gasteiger partial charge in [-0.05, 0) is 30.7 Å². The van der Waals surface area contributed by atoms with E-state index in [9.17, 15) is 13.2 Å². The molecule has 2 rings (SSSR count). The van der Waals surface area contributed by atoms with Crippen LogP contribution in [0.2, 0.25) is 0 Å². The molecule has 1 aromatic rings. The second-order valence-corrected chi connectivity index (χ2v) is 5.46. The molecule has 0 aliphatic heterocycles. The van der Waals surface area contributed by atoms with E-state index >= 15 is 0 Å². The van der Waals surface area contributed by atoms with Crippen LogP contribution in [0.1, 0.15) is 31.2 Å². The van der Waals surface area contributed by atoms with E-state index in [0.717, 1.165) is 31.7 Å². The zero-order chi connectivity index (χ0) is 13.9. The van der Waals surface area contributed by atoms with Crippen LogP contribution >= 0.6 is 12.6 Å². The number of para-hydroxylation sites is 1. The smallest absolute Gasteiger partial charge is 0.419 e. The van der Waals surface area contributed by atoms with Crippen molar-refractivity contribution < 1.29 is 17.9 Å². The van der Waals surface area contributed by atoms with Gasteiger partial charge in [0.15, 0.2) is 0 Å². The van der Waals surface area contributed by atoms with Crippen molar-refractivity contribution >= 4 is 12.6 Å². The average Bonchev–Trinajstić information content (AvgIpc) is 2.85. The molecule has 0 spiro atoms. The molecule has 5 heteroatoms. The van der Waals surface area contributed by atoms with Crippen molar-refractivity contribution in [1.29, 1.82) is 0 Å². The maximum Gasteiger partial charge on any atom is 0.419 e. The van der Waals surface area contributed by atoms with Crippen LogP contribution in [0, 0.1) is 5.41 Å². The molecule has 0 unspecified atom stereocenters. The van der Waals surface area contributed by atoms with Crippen LogP contribution in [0.4, 0.5) is 13.2 Å². The van der Waals surface area contributed by atoms with Crippen molar-refractivity contribution in [2.24, 2.45) is 5.41 Å². The Hall–Kier alpha value is -0.840. The van der Waals surface area contributed by atoms with E-state index in [-0.39, 0.29) is 11.2 Å². The van der Waals surface area contributed by atoms with E-state index in [2.05, 4.69) is 12.6 Å². The Morgan fingerprint density at radius 2 is 1.79 bits per heavy atom. The zero-order valence-electron chi connectivity index (χ0n) is 10.5. The molecular weight excluding hydrogens is 273 g/mol. The van der Waals surface area contributed by atoms with Gasteiger partial charge in [0.25, 0.3) is 0 Å². The lowest BCUT2D eigenvalue weighted by molar-refractivity contribution is -0.139. The maximum atomic E-state index is 12.8. The van der Waals surface area contributed by atoms with E-state index in [4.69, 9.17) is 4.74 Å². The number of thiol groups is 1. The monoisotopic (exact) mass is 290 g/mol. The summed E-state index contributed by atoms with van der Waals surface area (Å²) in [6.45, 7) is 0.309. The Balaban J connectivity index is 2.11. The van der Waals surface area contributed by atoms with Crippen molar-refractivity contribution in [3.8, 4) is 5.75 Å². The Morgan fingerprint density at radius 3 is 2.37 bits per heavy atom. The number of rotatable bonds is 4. The number of hydrogen-bond acceptors (Lipinski definition) is 2. The Kier molecular flexibility index (Phi) is 4.33. The predicted molar refractivity (Wildman–Crippen MR) is 71.7 cm³/mol. The summed E-state index contributed by atoms with van der Waals surface area (Å²) in [6.07, 6.45) is -0.217. The van der Waals surface area contributed by atoms with Crippen LogP contribution in [0.25, 0.3) is 0 Å². The van der Waals surface area contributed by atoms with Gasteiger partial charge in [-0.2, -0.15) is 25.8 Å². The van der Waals surface area contributed by atoms with Gasteiger partial charge in [-0.1, -0.05) is 25.0 Å². The van der Waals surface area contributed by atoms with Gasteiger partial charge in [0.2, 0.25) is 0 Å². The molecule has 106 valence electrons. The highest BCUT2D eigenvalue weighted by Gasteiger charge is 2.36. The van der Waals surface area contributed by atoms with E-state index in [1.807, 2.05) is 0 Å². The quantitative estimate of drug-likeness (QED) is 0.799. The summed E-state index contributed by atoms with van der Waals surface area (Å²) in [5.74, 6) is 0.573. The minimum absolute atomic E-state index is 0.0676. The third-order valence-corrected chi connectivity index (χ3v) is 4.40. The summed E-state index contributed by atoms with van der Waals surface area (Å²) >= 11 is 4.33. The number of benzene rings is 1. The molecule has 19 heavy (non-hydrogen) atoms. The largest absolute Gasteiger partial charge is 0.492 e. The van der Waals surface area contributed by atoms with E-state index in [0.29, 0.717) is 12.4 Å². The fourth-order valence-electron chi connectivity index (χ4n) is 2.53. The minimum Gasteiger partial charge on any atom is -0.492 e. The van der Waals surface area contributed by atoms with Gasteiger partial charge in [-0.3, -0.25) is 0 Å². The summed E-state index contributed by atoms with van der Waals surface area (Å²) in [5, 5.41) is 0. The van der Waals surface area contributed by atoms with Crippen molar-refractivity contribution in [2.75, 3.05) is 12.4 Å². The lowest BCUT2D eigenvalue weighted by Crippen LogP contribution is -2.27. The van der Waals surface area contributed by atoms with Crippen LogP contribution in [0.3, 0.4) is 0 Å². The number of ether oxygens (including phenoxy) is 1. The van der Waals surface area contributed by atoms with Gasteiger partial charge in [0, 0.05) is 5.41 Å². The summed E-state index contributed by atoms with van der Waals surface area (Å²) in [5.41, 5.74) is -0.774. The highest BCUT2D eigenvalue weighted by atomic mass is 32.1. The lowest BCUT2D eigenvalue weighted by atomic mass is 9.90. The summed E-state index contributed by atoms with van der Waals surface area (Å²) < 4.78 is 44.0. The first-order valence-electron chi connectivity index (χ1n) is 6.37. The van der Waals surface area contributed by atoms with Crippen LogP contribution in [0.5, 0.6) is 5.75 Å². The van der Waals surface area contributed by atoms with Gasteiger partial charge in [0.1, 0.15) is 5.75 Å². The molecule has 1 fully saturated rings. The summed E-state index contributed by atoms with van der Waals surface area (Å²) in [7, 11) is 0. The standard InChI is InChI=1S/C14H17F3OS/c15-14(16,17)11-5-1-2-6-12(11)18-9-13(10-19)7-3-4-8-13/h1-2,5-6,19H,3-4,7-10H2. The maximum absolute atomic E-state index is 12.8. The molecule has 1 saturated carbocycles. The van der Waals surface area contributed by atoms with Crippen molar-refractivity contribution in [3.05, 3.63) is 29.8 Å². The fourth-order valence-corrected chi connectivity index (χ4v) is 2.94. The second kappa shape index (κ2) is 5.65.